The van der Waals surface area contributed by atoms with E-state index in [0.717, 1.165) is 11.5 Å². The number of phenols is 1. The molecule has 3 aliphatic rings. The van der Waals surface area contributed by atoms with Crippen LogP contribution in [0.5, 0.6) is 5.75 Å². The second kappa shape index (κ2) is 7.36. The van der Waals surface area contributed by atoms with E-state index in [0.29, 0.717) is 30.7 Å². The van der Waals surface area contributed by atoms with E-state index in [1.54, 1.807) is 12.1 Å². The minimum atomic E-state index is -0.148. The first-order chi connectivity index (χ1) is 12.2. The summed E-state index contributed by atoms with van der Waals surface area (Å²) < 4.78 is 0. The van der Waals surface area contributed by atoms with E-state index >= 15 is 0 Å². The Kier molecular flexibility index (Phi) is 4.98. The molecule has 2 atom stereocenters. The van der Waals surface area contributed by atoms with E-state index in [1.807, 2.05) is 6.07 Å². The Hall–Kier alpha value is -1.55. The first-order valence-corrected chi connectivity index (χ1v) is 10.0. The second-order valence-corrected chi connectivity index (χ2v) is 8.28. The monoisotopic (exact) mass is 342 g/mol. The Morgan fingerprint density at radius 2 is 1.96 bits per heavy atom. The number of fused-ring (bicyclic) bond motifs is 1. The Bertz CT molecular complexity index is 620. The van der Waals surface area contributed by atoms with Crippen LogP contribution in [0.4, 0.5) is 0 Å². The van der Waals surface area contributed by atoms with Crippen molar-refractivity contribution < 1.29 is 9.90 Å². The van der Waals surface area contributed by atoms with Crippen molar-refractivity contribution in [1.29, 1.82) is 0 Å². The van der Waals surface area contributed by atoms with Crippen LogP contribution >= 0.6 is 0 Å². The van der Waals surface area contributed by atoms with Crippen molar-refractivity contribution in [2.45, 2.75) is 76.4 Å². The molecule has 0 saturated heterocycles. The summed E-state index contributed by atoms with van der Waals surface area (Å²) >= 11 is 0. The maximum atomic E-state index is 12.8. The highest BCUT2D eigenvalue weighted by Crippen LogP contribution is 2.38. The van der Waals surface area contributed by atoms with Crippen molar-refractivity contribution in [2.24, 2.45) is 11.8 Å². The zero-order chi connectivity index (χ0) is 17.2. The van der Waals surface area contributed by atoms with Crippen molar-refractivity contribution in [3.05, 3.63) is 29.3 Å². The number of hydrogen-bond donors (Lipinski definition) is 3. The van der Waals surface area contributed by atoms with Gasteiger partial charge in [-0.1, -0.05) is 38.2 Å². The maximum Gasteiger partial charge on any atom is 0.237 e. The van der Waals surface area contributed by atoms with Crippen LogP contribution in [-0.4, -0.2) is 23.1 Å². The maximum absolute atomic E-state index is 12.8. The van der Waals surface area contributed by atoms with Crippen LogP contribution in [0.15, 0.2) is 18.2 Å². The molecule has 0 aromatic heterocycles. The summed E-state index contributed by atoms with van der Waals surface area (Å²) in [6.07, 6.45) is 11.2. The third-order valence-electron chi connectivity index (χ3n) is 6.30. The number of rotatable bonds is 5. The van der Waals surface area contributed by atoms with Crippen LogP contribution in [0.3, 0.4) is 0 Å². The number of hydrogen-bond acceptors (Lipinski definition) is 3. The molecule has 1 aromatic rings. The van der Waals surface area contributed by atoms with Crippen molar-refractivity contribution in [2.75, 3.05) is 0 Å². The molecular formula is C21H30N2O2. The van der Waals surface area contributed by atoms with Crippen LogP contribution in [0.25, 0.3) is 0 Å². The summed E-state index contributed by atoms with van der Waals surface area (Å²) in [5.74, 6) is 1.97. The van der Waals surface area contributed by atoms with Gasteiger partial charge in [0.1, 0.15) is 5.75 Å². The number of carbonyl (C=O) groups is 1. The second-order valence-electron chi connectivity index (χ2n) is 8.28. The zero-order valence-corrected chi connectivity index (χ0v) is 15.0. The van der Waals surface area contributed by atoms with Crippen molar-refractivity contribution >= 4 is 5.91 Å². The lowest BCUT2D eigenvalue weighted by atomic mass is 9.83. The molecule has 1 aromatic carbocycles. The van der Waals surface area contributed by atoms with Gasteiger partial charge < -0.3 is 15.7 Å². The average Bonchev–Trinajstić information content (AvgIpc) is 3.46. The smallest absolute Gasteiger partial charge is 0.237 e. The van der Waals surface area contributed by atoms with Crippen LogP contribution in [-0.2, 0) is 17.8 Å². The third-order valence-corrected chi connectivity index (χ3v) is 6.30. The van der Waals surface area contributed by atoms with E-state index < -0.39 is 0 Å². The fraction of sp³-hybridized carbons (Fsp3) is 0.667. The van der Waals surface area contributed by atoms with Crippen LogP contribution in [0.1, 0.15) is 62.5 Å². The van der Waals surface area contributed by atoms with Crippen molar-refractivity contribution in [1.82, 2.24) is 10.6 Å². The highest BCUT2D eigenvalue weighted by Gasteiger charge is 2.35. The van der Waals surface area contributed by atoms with E-state index in [-0.39, 0.29) is 11.9 Å². The van der Waals surface area contributed by atoms with Gasteiger partial charge in [0.15, 0.2) is 0 Å². The molecule has 4 rings (SSSR count). The van der Waals surface area contributed by atoms with Crippen molar-refractivity contribution in [3.8, 4) is 5.75 Å². The Balaban J connectivity index is 1.36. The fourth-order valence-electron chi connectivity index (χ4n) is 4.62. The van der Waals surface area contributed by atoms with Gasteiger partial charge in [-0.05, 0) is 60.8 Å². The number of nitrogens with one attached hydrogen (secondary N) is 2. The fourth-order valence-corrected chi connectivity index (χ4v) is 4.62. The molecule has 0 radical (unpaired) electrons. The molecule has 25 heavy (non-hydrogen) atoms. The van der Waals surface area contributed by atoms with Gasteiger partial charge in [0.05, 0.1) is 6.04 Å². The third kappa shape index (κ3) is 4.17. The lowest BCUT2D eigenvalue weighted by Gasteiger charge is -2.30. The highest BCUT2D eigenvalue weighted by molar-refractivity contribution is 5.82. The molecule has 1 amide bonds. The summed E-state index contributed by atoms with van der Waals surface area (Å²) in [5, 5.41) is 16.3. The number of carbonyl (C=O) groups excluding carboxylic acids is 1. The van der Waals surface area contributed by atoms with Crippen LogP contribution in [0.2, 0.25) is 0 Å². The number of phenolic OH excluding ortho intramolecular Hbond substituents is 1. The van der Waals surface area contributed by atoms with Gasteiger partial charge in [0.2, 0.25) is 5.91 Å². The quantitative estimate of drug-likeness (QED) is 0.770. The van der Waals surface area contributed by atoms with Crippen molar-refractivity contribution in [3.63, 3.8) is 0 Å². The summed E-state index contributed by atoms with van der Waals surface area (Å²) in [6, 6.07) is 5.69. The SMILES string of the molecule is O=C(N[C@H](CC1CCCCC1)C1CC1)[C@H]1Cc2ccc(O)cc2CN1. The Morgan fingerprint density at radius 1 is 1.16 bits per heavy atom. The largest absolute Gasteiger partial charge is 0.508 e. The summed E-state index contributed by atoms with van der Waals surface area (Å²) in [5.41, 5.74) is 2.27. The molecule has 3 N–H and O–H groups in total. The lowest BCUT2D eigenvalue weighted by molar-refractivity contribution is -0.124. The number of benzene rings is 1. The van der Waals surface area contributed by atoms with Gasteiger partial charge >= 0.3 is 0 Å². The van der Waals surface area contributed by atoms with Gasteiger partial charge in [0.25, 0.3) is 0 Å². The summed E-state index contributed by atoms with van der Waals surface area (Å²) in [4.78, 5) is 12.8. The minimum Gasteiger partial charge on any atom is -0.508 e. The molecule has 2 aliphatic carbocycles. The first kappa shape index (κ1) is 16.9. The van der Waals surface area contributed by atoms with E-state index in [1.165, 1.54) is 56.9 Å². The standard InChI is InChI=1S/C21H30N2O2/c24-18-9-8-16-12-20(22-13-17(16)11-18)21(25)23-19(15-6-7-15)10-14-4-2-1-3-5-14/h8-9,11,14-15,19-20,22,24H,1-7,10,12-13H2,(H,23,25)/t19-,20-/m1/s1. The lowest BCUT2D eigenvalue weighted by Crippen LogP contribution is -2.51. The zero-order valence-electron chi connectivity index (χ0n) is 15.0. The molecule has 136 valence electrons. The molecule has 0 bridgehead atoms. The summed E-state index contributed by atoms with van der Waals surface area (Å²) in [7, 11) is 0. The number of amides is 1. The van der Waals surface area contributed by atoms with Gasteiger partial charge in [-0.15, -0.1) is 0 Å². The van der Waals surface area contributed by atoms with E-state index in [4.69, 9.17) is 0 Å². The molecule has 1 heterocycles. The van der Waals surface area contributed by atoms with Gasteiger partial charge in [-0.3, -0.25) is 4.79 Å². The Morgan fingerprint density at radius 3 is 2.72 bits per heavy atom. The van der Waals surface area contributed by atoms with Gasteiger partial charge in [0, 0.05) is 12.6 Å². The first-order valence-electron chi connectivity index (χ1n) is 10.0. The molecule has 1 aliphatic heterocycles. The van der Waals surface area contributed by atoms with Crippen LogP contribution in [0, 0.1) is 11.8 Å². The predicted molar refractivity (Wildman–Crippen MR) is 98.3 cm³/mol. The minimum absolute atomic E-state index is 0.148. The normalized spacial score (nSPS) is 25.2. The molecular weight excluding hydrogens is 312 g/mol. The molecule has 0 unspecified atom stereocenters. The molecule has 4 nitrogen and oxygen atoms in total. The van der Waals surface area contributed by atoms with E-state index in [2.05, 4.69) is 10.6 Å². The Labute approximate surface area is 150 Å². The number of aromatic hydroxyl groups is 1. The van der Waals surface area contributed by atoms with Gasteiger partial charge in [-0.25, -0.2) is 0 Å². The van der Waals surface area contributed by atoms with Crippen LogP contribution < -0.4 is 10.6 Å². The summed E-state index contributed by atoms with van der Waals surface area (Å²) in [6.45, 7) is 0.651. The highest BCUT2D eigenvalue weighted by atomic mass is 16.3. The predicted octanol–water partition coefficient (Wildman–Crippen LogP) is 3.27. The molecule has 2 fully saturated rings. The topological polar surface area (TPSA) is 61.4 Å². The van der Waals surface area contributed by atoms with Gasteiger partial charge in [-0.2, -0.15) is 0 Å². The average molecular weight is 342 g/mol. The van der Waals surface area contributed by atoms with E-state index in [9.17, 15) is 9.90 Å². The molecule has 2 saturated carbocycles. The molecule has 0 spiro atoms. The molecule has 4 heteroatoms.